The fraction of sp³-hybridized carbons (Fsp3) is 1.00. The lowest BCUT2D eigenvalue weighted by atomic mass is 9.71. The fourth-order valence-electron chi connectivity index (χ4n) is 5.06. The Bertz CT molecular complexity index is 273. The van der Waals surface area contributed by atoms with Gasteiger partial charge in [0.2, 0.25) is 0 Å². The third kappa shape index (κ3) is 3.82. The van der Waals surface area contributed by atoms with Gasteiger partial charge in [-0.1, -0.05) is 40.0 Å². The normalized spacial score (nSPS) is 23.6. The summed E-state index contributed by atoms with van der Waals surface area (Å²) < 4.78 is 0. The van der Waals surface area contributed by atoms with Gasteiger partial charge in [-0.15, -0.1) is 0 Å². The van der Waals surface area contributed by atoms with E-state index >= 15 is 0 Å². The van der Waals surface area contributed by atoms with Crippen LogP contribution in [-0.4, -0.2) is 36.1 Å². The molecule has 0 radical (unpaired) electrons. The van der Waals surface area contributed by atoms with E-state index in [1.807, 2.05) is 0 Å². The molecule has 2 aliphatic rings. The van der Waals surface area contributed by atoms with E-state index in [9.17, 15) is 0 Å². The lowest BCUT2D eigenvalue weighted by Crippen LogP contribution is -2.63. The molecule has 1 aliphatic carbocycles. The molecule has 0 aromatic heterocycles. The predicted molar refractivity (Wildman–Crippen MR) is 92.8 cm³/mol. The first-order chi connectivity index (χ1) is 10.3. The van der Waals surface area contributed by atoms with E-state index in [-0.39, 0.29) is 0 Å². The van der Waals surface area contributed by atoms with Crippen molar-refractivity contribution in [3.05, 3.63) is 0 Å². The summed E-state index contributed by atoms with van der Waals surface area (Å²) in [6.45, 7) is 11.0. The molecule has 1 N–H and O–H groups in total. The van der Waals surface area contributed by atoms with Gasteiger partial charge in [0.1, 0.15) is 0 Å². The van der Waals surface area contributed by atoms with E-state index in [1.54, 1.807) is 0 Å². The minimum atomic E-state index is 0.410. The highest BCUT2D eigenvalue weighted by Crippen LogP contribution is 2.39. The van der Waals surface area contributed by atoms with E-state index in [1.165, 1.54) is 83.8 Å². The quantitative estimate of drug-likeness (QED) is 0.704. The van der Waals surface area contributed by atoms with Crippen molar-refractivity contribution in [3.63, 3.8) is 0 Å². The van der Waals surface area contributed by atoms with E-state index in [0.29, 0.717) is 11.6 Å². The van der Waals surface area contributed by atoms with Crippen molar-refractivity contribution in [1.29, 1.82) is 0 Å². The van der Waals surface area contributed by atoms with E-state index in [2.05, 4.69) is 31.0 Å². The van der Waals surface area contributed by atoms with Crippen LogP contribution in [0, 0.1) is 5.92 Å². The maximum absolute atomic E-state index is 4.02. The van der Waals surface area contributed by atoms with Gasteiger partial charge in [-0.25, -0.2) is 0 Å². The van der Waals surface area contributed by atoms with Crippen molar-refractivity contribution >= 4 is 0 Å². The number of likely N-dealkylation sites (tertiary alicyclic amines) is 1. The third-order valence-electron chi connectivity index (χ3n) is 6.27. The summed E-state index contributed by atoms with van der Waals surface area (Å²) in [7, 11) is 0. The molecule has 1 unspecified atom stereocenters. The van der Waals surface area contributed by atoms with Crippen LogP contribution in [0.2, 0.25) is 0 Å². The Morgan fingerprint density at radius 3 is 2.10 bits per heavy atom. The summed E-state index contributed by atoms with van der Waals surface area (Å²) in [5, 5.41) is 4.02. The van der Waals surface area contributed by atoms with Crippen molar-refractivity contribution in [3.8, 4) is 0 Å². The summed E-state index contributed by atoms with van der Waals surface area (Å²) in [4.78, 5) is 2.86. The molecule has 21 heavy (non-hydrogen) atoms. The highest BCUT2D eigenvalue weighted by Gasteiger charge is 2.45. The first-order valence-corrected chi connectivity index (χ1v) is 9.77. The minimum Gasteiger partial charge on any atom is -0.312 e. The highest BCUT2D eigenvalue weighted by atomic mass is 15.2. The molecule has 1 heterocycles. The molecule has 2 rings (SSSR count). The molecule has 0 bridgehead atoms. The largest absolute Gasteiger partial charge is 0.312 e. The Labute approximate surface area is 133 Å². The molecule has 0 aromatic rings. The fourth-order valence-corrected chi connectivity index (χ4v) is 5.06. The molecule has 124 valence electrons. The first kappa shape index (κ1) is 17.3. The van der Waals surface area contributed by atoms with Crippen LogP contribution in [0.4, 0.5) is 0 Å². The van der Waals surface area contributed by atoms with Gasteiger partial charge in [0.25, 0.3) is 0 Å². The van der Waals surface area contributed by atoms with Gasteiger partial charge in [0.15, 0.2) is 0 Å². The summed E-state index contributed by atoms with van der Waals surface area (Å²) >= 11 is 0. The van der Waals surface area contributed by atoms with Crippen molar-refractivity contribution in [2.24, 2.45) is 5.92 Å². The Hall–Kier alpha value is -0.0800. The smallest absolute Gasteiger partial charge is 0.0359 e. The Balaban J connectivity index is 2.19. The van der Waals surface area contributed by atoms with E-state index in [0.717, 1.165) is 5.92 Å². The second kappa shape index (κ2) is 8.53. The van der Waals surface area contributed by atoms with Crippen molar-refractivity contribution in [1.82, 2.24) is 10.2 Å². The van der Waals surface area contributed by atoms with Crippen molar-refractivity contribution < 1.29 is 0 Å². The van der Waals surface area contributed by atoms with Gasteiger partial charge in [-0.3, -0.25) is 4.90 Å². The average molecular weight is 295 g/mol. The topological polar surface area (TPSA) is 15.3 Å². The number of nitrogens with zero attached hydrogens (tertiary/aromatic N) is 1. The molecular weight excluding hydrogens is 256 g/mol. The Kier molecular flexibility index (Phi) is 7.01. The Morgan fingerprint density at radius 2 is 1.57 bits per heavy atom. The zero-order valence-corrected chi connectivity index (χ0v) is 14.8. The maximum Gasteiger partial charge on any atom is 0.0359 e. The van der Waals surface area contributed by atoms with Gasteiger partial charge in [0, 0.05) is 11.6 Å². The predicted octanol–water partition coefficient (Wildman–Crippen LogP) is 4.59. The van der Waals surface area contributed by atoms with Gasteiger partial charge in [-0.2, -0.15) is 0 Å². The van der Waals surface area contributed by atoms with E-state index in [4.69, 9.17) is 0 Å². The van der Waals surface area contributed by atoms with Crippen LogP contribution in [-0.2, 0) is 0 Å². The second-order valence-corrected chi connectivity index (χ2v) is 7.33. The number of rotatable bonds is 8. The molecule has 2 fully saturated rings. The standard InChI is InChI=1S/C19H38N2/c1-4-14-20-18(17-12-8-7-9-13-17)19(5-2,6-3)21-15-10-11-16-21/h17-18,20H,4-16H2,1-3H3. The van der Waals surface area contributed by atoms with Crippen LogP contribution in [0.3, 0.4) is 0 Å². The number of nitrogens with one attached hydrogen (secondary N) is 1. The van der Waals surface area contributed by atoms with Gasteiger partial charge in [-0.05, 0) is 70.5 Å². The molecule has 0 amide bonds. The monoisotopic (exact) mass is 294 g/mol. The van der Waals surface area contributed by atoms with Crippen LogP contribution in [0.25, 0.3) is 0 Å². The molecule has 1 saturated carbocycles. The molecule has 2 heteroatoms. The zero-order chi connectivity index (χ0) is 15.1. The molecule has 1 saturated heterocycles. The van der Waals surface area contributed by atoms with Crippen molar-refractivity contribution in [2.45, 2.75) is 96.6 Å². The molecule has 1 atom stereocenters. The molecule has 2 nitrogen and oxygen atoms in total. The summed E-state index contributed by atoms with van der Waals surface area (Å²) in [6.07, 6.45) is 14.0. The van der Waals surface area contributed by atoms with Crippen LogP contribution in [0.15, 0.2) is 0 Å². The van der Waals surface area contributed by atoms with Crippen LogP contribution >= 0.6 is 0 Å². The van der Waals surface area contributed by atoms with Gasteiger partial charge in [0.05, 0.1) is 0 Å². The molecule has 0 spiro atoms. The number of hydrogen-bond donors (Lipinski definition) is 1. The molecule has 1 aliphatic heterocycles. The number of hydrogen-bond acceptors (Lipinski definition) is 2. The molecule has 0 aromatic carbocycles. The molecular formula is C19H38N2. The maximum atomic E-state index is 4.02. The van der Waals surface area contributed by atoms with Gasteiger partial charge < -0.3 is 5.32 Å². The summed E-state index contributed by atoms with van der Waals surface area (Å²) in [5.41, 5.74) is 0.410. The average Bonchev–Trinajstić information content (AvgIpc) is 3.07. The lowest BCUT2D eigenvalue weighted by Gasteiger charge is -2.51. The Morgan fingerprint density at radius 1 is 0.952 bits per heavy atom. The van der Waals surface area contributed by atoms with Gasteiger partial charge >= 0.3 is 0 Å². The minimum absolute atomic E-state index is 0.410. The SMILES string of the molecule is CCCNC(C1CCCCC1)C(CC)(CC)N1CCCC1. The van der Waals surface area contributed by atoms with Crippen molar-refractivity contribution in [2.75, 3.05) is 19.6 Å². The first-order valence-electron chi connectivity index (χ1n) is 9.77. The highest BCUT2D eigenvalue weighted by molar-refractivity contribution is 5.03. The second-order valence-electron chi connectivity index (χ2n) is 7.33. The lowest BCUT2D eigenvalue weighted by molar-refractivity contribution is 0.0285. The zero-order valence-electron chi connectivity index (χ0n) is 14.8. The van der Waals surface area contributed by atoms with Crippen LogP contribution in [0.5, 0.6) is 0 Å². The van der Waals surface area contributed by atoms with E-state index < -0.39 is 0 Å². The summed E-state index contributed by atoms with van der Waals surface area (Å²) in [6, 6.07) is 0.714. The summed E-state index contributed by atoms with van der Waals surface area (Å²) in [5.74, 6) is 0.908. The van der Waals surface area contributed by atoms with Crippen LogP contribution < -0.4 is 5.32 Å². The van der Waals surface area contributed by atoms with Crippen LogP contribution in [0.1, 0.15) is 85.0 Å². The third-order valence-corrected chi connectivity index (χ3v) is 6.27.